The topological polar surface area (TPSA) is 109 Å². The van der Waals surface area contributed by atoms with Crippen LogP contribution in [0.1, 0.15) is 15.9 Å². The van der Waals surface area contributed by atoms with Crippen LogP contribution in [0, 0.1) is 10.1 Å². The maximum atomic E-state index is 12.5. The molecule has 2 aromatic rings. The van der Waals surface area contributed by atoms with Crippen LogP contribution in [0.4, 0.5) is 23.2 Å². The third kappa shape index (κ3) is 6.10. The van der Waals surface area contributed by atoms with Gasteiger partial charge >= 0.3 is 13.2 Å². The molecule has 31 heavy (non-hydrogen) atoms. The average molecular weight is 448 g/mol. The van der Waals surface area contributed by atoms with E-state index in [1.54, 1.807) is 0 Å². The van der Waals surface area contributed by atoms with Crippen LogP contribution in [0.15, 0.2) is 30.3 Å². The molecule has 0 spiro atoms. The van der Waals surface area contributed by atoms with Crippen molar-refractivity contribution in [2.24, 2.45) is 0 Å². The van der Waals surface area contributed by atoms with Crippen LogP contribution in [-0.4, -0.2) is 38.3 Å². The van der Waals surface area contributed by atoms with Crippen molar-refractivity contribution in [3.8, 4) is 23.0 Å². The summed E-state index contributed by atoms with van der Waals surface area (Å²) < 4.78 is 68.1. The molecular weight excluding hydrogens is 432 g/mol. The van der Waals surface area contributed by atoms with E-state index in [1.165, 1.54) is 25.3 Å². The van der Waals surface area contributed by atoms with E-state index in [0.29, 0.717) is 11.6 Å². The van der Waals surface area contributed by atoms with Crippen molar-refractivity contribution in [1.29, 1.82) is 0 Å². The van der Waals surface area contributed by atoms with E-state index in [9.17, 15) is 32.5 Å². The van der Waals surface area contributed by atoms with Gasteiger partial charge in [0.05, 0.1) is 25.2 Å². The summed E-state index contributed by atoms with van der Waals surface area (Å²) in [5.74, 6) is -2.08. The fraction of sp³-hybridized carbons (Fsp3) is 0.278. The van der Waals surface area contributed by atoms with Gasteiger partial charge in [-0.15, -0.1) is 0 Å². The molecular formula is C18H16F4N2O7. The Bertz CT molecular complexity index is 957. The number of carbonyl (C=O) groups is 1. The molecule has 0 aliphatic rings. The van der Waals surface area contributed by atoms with E-state index in [-0.39, 0.29) is 23.8 Å². The molecule has 0 aromatic heterocycles. The molecule has 2 aromatic carbocycles. The summed E-state index contributed by atoms with van der Waals surface area (Å²) in [6.07, 6.45) is 0. The van der Waals surface area contributed by atoms with Crippen molar-refractivity contribution in [2.45, 2.75) is 19.8 Å². The highest BCUT2D eigenvalue weighted by Gasteiger charge is 2.26. The van der Waals surface area contributed by atoms with E-state index in [2.05, 4.69) is 14.8 Å². The maximum Gasteiger partial charge on any atom is 0.387 e. The van der Waals surface area contributed by atoms with Gasteiger partial charge in [-0.1, -0.05) is 6.07 Å². The molecule has 0 fully saturated rings. The number of methoxy groups -OCH3 is 2. The van der Waals surface area contributed by atoms with Gasteiger partial charge in [-0.25, -0.2) is 0 Å². The molecule has 0 aliphatic carbocycles. The predicted molar refractivity (Wildman–Crippen MR) is 97.1 cm³/mol. The third-order valence-corrected chi connectivity index (χ3v) is 3.84. The Balaban J connectivity index is 2.26. The van der Waals surface area contributed by atoms with Gasteiger partial charge in [0.15, 0.2) is 23.0 Å². The number of nitro benzene ring substituents is 1. The van der Waals surface area contributed by atoms with Gasteiger partial charge in [0.1, 0.15) is 5.56 Å². The van der Waals surface area contributed by atoms with Crippen LogP contribution >= 0.6 is 0 Å². The summed E-state index contributed by atoms with van der Waals surface area (Å²) in [6, 6.07) is 5.45. The van der Waals surface area contributed by atoms with Gasteiger partial charge < -0.3 is 24.3 Å². The molecule has 0 saturated carbocycles. The number of carbonyl (C=O) groups excluding carboxylic acids is 1. The number of nitro groups is 1. The van der Waals surface area contributed by atoms with Crippen molar-refractivity contribution in [3.05, 3.63) is 51.6 Å². The molecule has 0 atom stereocenters. The van der Waals surface area contributed by atoms with Crippen molar-refractivity contribution < 1.29 is 46.2 Å². The zero-order valence-corrected chi connectivity index (χ0v) is 16.1. The van der Waals surface area contributed by atoms with Crippen LogP contribution in [0.5, 0.6) is 23.0 Å². The smallest absolute Gasteiger partial charge is 0.387 e. The second-order valence-electron chi connectivity index (χ2n) is 5.70. The first-order chi connectivity index (χ1) is 14.7. The maximum absolute atomic E-state index is 12.5. The fourth-order valence-corrected chi connectivity index (χ4v) is 2.52. The summed E-state index contributed by atoms with van der Waals surface area (Å²) in [5.41, 5.74) is -0.848. The first-order valence-corrected chi connectivity index (χ1v) is 8.37. The molecule has 168 valence electrons. The summed E-state index contributed by atoms with van der Waals surface area (Å²) >= 11 is 0. The third-order valence-electron chi connectivity index (χ3n) is 3.84. The standard InChI is InChI=1S/C18H16F4N2O7/c1-28-13-5-9(3-4-12(13)30-17(19)20)8-23-16(25)10-6-14(29-2)15(31-18(21)22)7-11(10)24(26)27/h3-7,17-18H,8H2,1-2H3,(H,23,25). The molecule has 0 heterocycles. The second kappa shape index (κ2) is 10.3. The molecule has 0 radical (unpaired) electrons. The SMILES string of the molecule is COc1cc(CNC(=O)c2cc(OC)c(OC(F)F)cc2[N+](=O)[O-])ccc1OC(F)F. The molecule has 0 unspecified atom stereocenters. The fourth-order valence-electron chi connectivity index (χ4n) is 2.52. The van der Waals surface area contributed by atoms with Crippen molar-refractivity contribution in [2.75, 3.05) is 14.2 Å². The summed E-state index contributed by atoms with van der Waals surface area (Å²) in [7, 11) is 2.34. The molecule has 9 nitrogen and oxygen atoms in total. The van der Waals surface area contributed by atoms with Gasteiger partial charge in [-0.05, 0) is 17.7 Å². The minimum Gasteiger partial charge on any atom is -0.493 e. The first-order valence-electron chi connectivity index (χ1n) is 8.37. The lowest BCUT2D eigenvalue weighted by atomic mass is 10.1. The number of rotatable bonds is 10. The van der Waals surface area contributed by atoms with E-state index >= 15 is 0 Å². The molecule has 0 aliphatic heterocycles. The molecule has 2 rings (SSSR count). The van der Waals surface area contributed by atoms with Crippen molar-refractivity contribution >= 4 is 11.6 Å². The molecule has 0 bridgehead atoms. The Kier molecular flexibility index (Phi) is 7.82. The molecule has 1 N–H and O–H groups in total. The van der Waals surface area contributed by atoms with Crippen molar-refractivity contribution in [1.82, 2.24) is 5.32 Å². The Hall–Kier alpha value is -3.77. The first kappa shape index (κ1) is 23.5. The van der Waals surface area contributed by atoms with Crippen LogP contribution in [0.25, 0.3) is 0 Å². The molecule has 0 saturated heterocycles. The summed E-state index contributed by atoms with van der Waals surface area (Å²) in [5, 5.41) is 13.7. The highest BCUT2D eigenvalue weighted by Crippen LogP contribution is 2.36. The van der Waals surface area contributed by atoms with Crippen LogP contribution in [-0.2, 0) is 6.54 Å². The summed E-state index contributed by atoms with van der Waals surface area (Å²) in [4.78, 5) is 22.9. The van der Waals surface area contributed by atoms with Crippen LogP contribution < -0.4 is 24.3 Å². The largest absolute Gasteiger partial charge is 0.493 e. The van der Waals surface area contributed by atoms with Gasteiger partial charge in [-0.2, -0.15) is 17.6 Å². The van der Waals surface area contributed by atoms with Crippen LogP contribution in [0.3, 0.4) is 0 Å². The van der Waals surface area contributed by atoms with E-state index in [4.69, 9.17) is 9.47 Å². The van der Waals surface area contributed by atoms with E-state index < -0.39 is 41.1 Å². The number of ether oxygens (including phenoxy) is 4. The quantitative estimate of drug-likeness (QED) is 0.335. The predicted octanol–water partition coefficient (Wildman–Crippen LogP) is 3.74. The highest BCUT2D eigenvalue weighted by molar-refractivity contribution is 5.99. The zero-order chi connectivity index (χ0) is 23.1. The lowest BCUT2D eigenvalue weighted by molar-refractivity contribution is -0.385. The van der Waals surface area contributed by atoms with Gasteiger partial charge in [0.25, 0.3) is 11.6 Å². The lowest BCUT2D eigenvalue weighted by Gasteiger charge is -2.13. The van der Waals surface area contributed by atoms with Gasteiger partial charge in [-0.3, -0.25) is 14.9 Å². The second-order valence-corrected chi connectivity index (χ2v) is 5.70. The highest BCUT2D eigenvalue weighted by atomic mass is 19.3. The Labute approximate surface area is 172 Å². The van der Waals surface area contributed by atoms with Crippen molar-refractivity contribution in [3.63, 3.8) is 0 Å². The minimum absolute atomic E-state index is 0.0202. The number of hydrogen-bond donors (Lipinski definition) is 1. The number of nitrogens with zero attached hydrogens (tertiary/aromatic N) is 1. The lowest BCUT2D eigenvalue weighted by Crippen LogP contribution is -2.24. The normalized spacial score (nSPS) is 10.7. The number of alkyl halides is 4. The van der Waals surface area contributed by atoms with E-state index in [1.807, 2.05) is 0 Å². The number of benzene rings is 2. The monoisotopic (exact) mass is 448 g/mol. The molecule has 1 amide bonds. The summed E-state index contributed by atoms with van der Waals surface area (Å²) in [6.45, 7) is -6.49. The number of halogens is 4. The Morgan fingerprint density at radius 1 is 0.968 bits per heavy atom. The number of nitrogens with one attached hydrogen (secondary N) is 1. The average Bonchev–Trinajstić information content (AvgIpc) is 2.71. The van der Waals surface area contributed by atoms with Gasteiger partial charge in [0.2, 0.25) is 0 Å². The van der Waals surface area contributed by atoms with E-state index in [0.717, 1.165) is 13.2 Å². The zero-order valence-electron chi connectivity index (χ0n) is 16.1. The number of hydrogen-bond acceptors (Lipinski definition) is 7. The Morgan fingerprint density at radius 2 is 1.55 bits per heavy atom. The van der Waals surface area contributed by atoms with Crippen LogP contribution in [0.2, 0.25) is 0 Å². The minimum atomic E-state index is -3.26. The molecule has 13 heteroatoms. The number of amides is 1. The van der Waals surface area contributed by atoms with Gasteiger partial charge in [0, 0.05) is 12.6 Å². The Morgan fingerprint density at radius 3 is 2.10 bits per heavy atom.